The Bertz CT molecular complexity index is 225. The minimum absolute atomic E-state index is 0.00417. The molecule has 0 heterocycles. The smallest absolute Gasteiger partial charge is 0.331 e. The zero-order chi connectivity index (χ0) is 9.72. The summed E-state index contributed by atoms with van der Waals surface area (Å²) in [5.41, 5.74) is 5.34. The first-order valence-corrected chi connectivity index (χ1v) is 4.51. The summed E-state index contributed by atoms with van der Waals surface area (Å²) in [5.74, 6) is -1.47. The van der Waals surface area contributed by atoms with Crippen molar-refractivity contribution in [1.82, 2.24) is 0 Å². The Balaban J connectivity index is 4.34. The number of thioether (sulfide) groups is 1. The molecule has 0 bridgehead atoms. The van der Waals surface area contributed by atoms with Gasteiger partial charge in [0.05, 0.1) is 0 Å². The van der Waals surface area contributed by atoms with Crippen LogP contribution in [0.5, 0.6) is 0 Å². The molecule has 5 heteroatoms. The number of nitrogens with two attached hydrogens (primary N) is 1. The Kier molecular flexibility index (Phi) is 4.61. The van der Waals surface area contributed by atoms with Gasteiger partial charge >= 0.3 is 5.97 Å². The molecule has 12 heavy (non-hydrogen) atoms. The van der Waals surface area contributed by atoms with Crippen LogP contribution in [0.25, 0.3) is 0 Å². The summed E-state index contributed by atoms with van der Waals surface area (Å²) < 4.78 is 0. The van der Waals surface area contributed by atoms with Gasteiger partial charge in [0.2, 0.25) is 0 Å². The van der Waals surface area contributed by atoms with Gasteiger partial charge in [-0.15, -0.1) is 11.8 Å². The predicted octanol–water partition coefficient (Wildman–Crippen LogP) is 0.234. The van der Waals surface area contributed by atoms with Crippen LogP contribution in [-0.4, -0.2) is 28.5 Å². The normalized spacial score (nSPS) is 14.1. The van der Waals surface area contributed by atoms with Gasteiger partial charge in [0, 0.05) is 5.57 Å². The van der Waals surface area contributed by atoms with Crippen LogP contribution in [0.1, 0.15) is 6.92 Å². The molecule has 0 amide bonds. The second-order valence-electron chi connectivity index (χ2n) is 2.19. The maximum absolute atomic E-state index is 11.0. The average molecular weight is 189 g/mol. The number of rotatable bonds is 4. The van der Waals surface area contributed by atoms with E-state index in [0.717, 1.165) is 6.08 Å². The lowest BCUT2D eigenvalue weighted by atomic mass is 10.2. The summed E-state index contributed by atoms with van der Waals surface area (Å²) in [5, 5.41) is 7.75. The molecule has 0 aliphatic carbocycles. The fraction of sp³-hybridized carbons (Fsp3) is 0.429. The van der Waals surface area contributed by atoms with Crippen molar-refractivity contribution < 1.29 is 14.7 Å². The van der Waals surface area contributed by atoms with E-state index in [4.69, 9.17) is 10.8 Å². The number of aliphatic carboxylic acids is 1. The molecule has 68 valence electrons. The van der Waals surface area contributed by atoms with Crippen LogP contribution < -0.4 is 5.73 Å². The highest BCUT2D eigenvalue weighted by Crippen LogP contribution is 2.03. The number of hydrogen-bond acceptors (Lipinski definition) is 4. The molecule has 0 aliphatic heterocycles. The zero-order valence-corrected chi connectivity index (χ0v) is 7.72. The van der Waals surface area contributed by atoms with Gasteiger partial charge in [-0.3, -0.25) is 4.79 Å². The van der Waals surface area contributed by atoms with Gasteiger partial charge in [-0.05, 0) is 19.3 Å². The van der Waals surface area contributed by atoms with Crippen molar-refractivity contribution in [1.29, 1.82) is 0 Å². The molecular formula is C7H11NO3S. The third kappa shape index (κ3) is 3.54. The topological polar surface area (TPSA) is 80.4 Å². The molecule has 0 fully saturated rings. The number of hydrogen-bond donors (Lipinski definition) is 2. The Morgan fingerprint density at radius 1 is 1.58 bits per heavy atom. The number of carboxylic acids is 1. The first-order chi connectivity index (χ1) is 5.49. The van der Waals surface area contributed by atoms with Gasteiger partial charge in [0.1, 0.15) is 5.37 Å². The van der Waals surface area contributed by atoms with Crippen LogP contribution in [-0.2, 0) is 9.59 Å². The molecule has 0 rings (SSSR count). The van der Waals surface area contributed by atoms with Crippen molar-refractivity contribution in [3.63, 3.8) is 0 Å². The van der Waals surface area contributed by atoms with Crippen molar-refractivity contribution in [2.75, 3.05) is 6.26 Å². The van der Waals surface area contributed by atoms with Crippen LogP contribution >= 0.6 is 11.8 Å². The molecule has 0 aromatic carbocycles. The highest BCUT2D eigenvalue weighted by molar-refractivity contribution is 7.99. The number of carbonyl (C=O) groups excluding carboxylic acids is 1. The first-order valence-electron chi connectivity index (χ1n) is 3.23. The number of carbonyl (C=O) groups is 2. The molecule has 0 aromatic rings. The Morgan fingerprint density at radius 3 is 2.42 bits per heavy atom. The van der Waals surface area contributed by atoms with Gasteiger partial charge < -0.3 is 10.8 Å². The minimum atomic E-state index is -1.10. The van der Waals surface area contributed by atoms with E-state index >= 15 is 0 Å². The van der Waals surface area contributed by atoms with Crippen molar-refractivity contribution >= 4 is 23.5 Å². The van der Waals surface area contributed by atoms with Crippen LogP contribution in [0.15, 0.2) is 11.6 Å². The fourth-order valence-electron chi connectivity index (χ4n) is 0.473. The van der Waals surface area contributed by atoms with Crippen molar-refractivity contribution in [2.45, 2.75) is 12.3 Å². The summed E-state index contributed by atoms with van der Waals surface area (Å²) in [6.07, 6.45) is 2.73. The maximum Gasteiger partial charge on any atom is 0.331 e. The molecule has 0 saturated carbocycles. The van der Waals surface area contributed by atoms with Crippen molar-refractivity contribution in [3.8, 4) is 0 Å². The van der Waals surface area contributed by atoms with Gasteiger partial charge in [-0.2, -0.15) is 0 Å². The predicted molar refractivity (Wildman–Crippen MR) is 47.9 cm³/mol. The Hall–Kier alpha value is -0.810. The summed E-state index contributed by atoms with van der Waals surface area (Å²) in [6.45, 7) is 1.35. The number of ketones is 1. The van der Waals surface area contributed by atoms with E-state index in [9.17, 15) is 9.59 Å². The summed E-state index contributed by atoms with van der Waals surface area (Å²) in [4.78, 5) is 21.3. The van der Waals surface area contributed by atoms with Crippen LogP contribution in [0.4, 0.5) is 0 Å². The molecule has 0 spiro atoms. The first kappa shape index (κ1) is 11.2. The largest absolute Gasteiger partial charge is 0.478 e. The van der Waals surface area contributed by atoms with Crippen molar-refractivity contribution in [3.05, 3.63) is 11.6 Å². The highest BCUT2D eigenvalue weighted by Gasteiger charge is 2.10. The third-order valence-corrected chi connectivity index (χ3v) is 1.97. The molecular weight excluding hydrogens is 178 g/mol. The van der Waals surface area contributed by atoms with E-state index < -0.39 is 11.3 Å². The van der Waals surface area contributed by atoms with E-state index in [1.165, 1.54) is 18.7 Å². The van der Waals surface area contributed by atoms with E-state index in [2.05, 4.69) is 0 Å². The lowest BCUT2D eigenvalue weighted by Gasteiger charge is -2.02. The lowest BCUT2D eigenvalue weighted by Crippen LogP contribution is -2.25. The van der Waals surface area contributed by atoms with Crippen LogP contribution in [0, 0.1) is 0 Å². The average Bonchev–Trinajstić information content (AvgIpc) is 2.02. The number of carboxylic acid groups (broad SMARTS) is 1. The van der Waals surface area contributed by atoms with Crippen LogP contribution in [0.2, 0.25) is 0 Å². The highest BCUT2D eigenvalue weighted by atomic mass is 32.2. The fourth-order valence-corrected chi connectivity index (χ4v) is 0.774. The van der Waals surface area contributed by atoms with Gasteiger partial charge in [-0.25, -0.2) is 4.79 Å². The summed E-state index contributed by atoms with van der Waals surface area (Å²) >= 11 is 1.18. The standard InChI is InChI=1S/C7H11NO3S/c1-4(7(10)11)3-5(9)6(8)12-2/h3,6H,8H2,1-2H3,(H,10,11). The Morgan fingerprint density at radius 2 is 2.08 bits per heavy atom. The maximum atomic E-state index is 11.0. The van der Waals surface area contributed by atoms with E-state index in [0.29, 0.717) is 0 Å². The molecule has 0 aliphatic rings. The molecule has 4 nitrogen and oxygen atoms in total. The molecule has 3 N–H and O–H groups in total. The monoisotopic (exact) mass is 189 g/mol. The van der Waals surface area contributed by atoms with E-state index in [-0.39, 0.29) is 11.4 Å². The molecule has 0 radical (unpaired) electrons. The molecule has 1 atom stereocenters. The minimum Gasteiger partial charge on any atom is -0.478 e. The quantitative estimate of drug-likeness (QED) is 0.489. The molecule has 0 saturated heterocycles. The molecule has 0 aromatic heterocycles. The SMILES string of the molecule is CSC(N)C(=O)C=C(C)C(=O)O. The Labute approximate surface area is 74.8 Å². The second-order valence-corrected chi connectivity index (χ2v) is 3.17. The van der Waals surface area contributed by atoms with Crippen molar-refractivity contribution in [2.24, 2.45) is 5.73 Å². The van der Waals surface area contributed by atoms with Gasteiger partial charge in [0.15, 0.2) is 5.78 Å². The third-order valence-electron chi connectivity index (χ3n) is 1.23. The van der Waals surface area contributed by atoms with Gasteiger partial charge in [0.25, 0.3) is 0 Å². The summed E-state index contributed by atoms with van der Waals surface area (Å²) in [6, 6.07) is 0. The lowest BCUT2D eigenvalue weighted by molar-refractivity contribution is -0.132. The second kappa shape index (κ2) is 4.95. The summed E-state index contributed by atoms with van der Waals surface area (Å²) in [7, 11) is 0. The van der Waals surface area contributed by atoms with Gasteiger partial charge in [-0.1, -0.05) is 0 Å². The van der Waals surface area contributed by atoms with E-state index in [1.807, 2.05) is 0 Å². The molecule has 1 unspecified atom stereocenters. The van der Waals surface area contributed by atoms with Crippen LogP contribution in [0.3, 0.4) is 0 Å². The zero-order valence-electron chi connectivity index (χ0n) is 6.90. The van der Waals surface area contributed by atoms with E-state index in [1.54, 1.807) is 6.26 Å².